The van der Waals surface area contributed by atoms with Crippen molar-refractivity contribution in [3.8, 4) is 11.6 Å². The van der Waals surface area contributed by atoms with E-state index >= 15 is 0 Å². The minimum absolute atomic E-state index is 0.214. The van der Waals surface area contributed by atoms with Gasteiger partial charge in [-0.3, -0.25) is 4.79 Å². The molecule has 3 rings (SSSR count). The number of ether oxygens (including phenoxy) is 4. The van der Waals surface area contributed by atoms with Crippen molar-refractivity contribution in [3.63, 3.8) is 0 Å². The van der Waals surface area contributed by atoms with E-state index in [1.165, 1.54) is 7.11 Å². The molecule has 0 radical (unpaired) electrons. The first-order valence-electron chi connectivity index (χ1n) is 13.0. The van der Waals surface area contributed by atoms with Crippen LogP contribution in [0.2, 0.25) is 51.4 Å². The van der Waals surface area contributed by atoms with Crippen LogP contribution in [-0.4, -0.2) is 70.5 Å². The van der Waals surface area contributed by atoms with Crippen LogP contribution in [-0.2, 0) is 25.4 Å². The smallest absolute Gasteiger partial charge is 0.309 e. The lowest BCUT2D eigenvalue weighted by Crippen LogP contribution is -2.33. The summed E-state index contributed by atoms with van der Waals surface area (Å²) < 4.78 is 24.8. The van der Waals surface area contributed by atoms with E-state index in [-0.39, 0.29) is 12.4 Å². The fourth-order valence-corrected chi connectivity index (χ4v) is 4.98. The Morgan fingerprint density at radius 1 is 0.921 bits per heavy atom. The molecule has 0 amide bonds. The minimum Gasteiger partial charge on any atom is -0.469 e. The third-order valence-corrected chi connectivity index (χ3v) is 9.26. The molecule has 2 aromatic heterocycles. The van der Waals surface area contributed by atoms with Crippen molar-refractivity contribution in [2.75, 3.05) is 38.7 Å². The van der Waals surface area contributed by atoms with E-state index in [1.807, 2.05) is 41.3 Å². The number of esters is 1. The van der Waals surface area contributed by atoms with Gasteiger partial charge in [-0.05, 0) is 29.8 Å². The maximum absolute atomic E-state index is 11.6. The first-order valence-corrected chi connectivity index (χ1v) is 20.4. The van der Waals surface area contributed by atoms with Gasteiger partial charge >= 0.3 is 5.97 Å². The van der Waals surface area contributed by atoms with Crippen molar-refractivity contribution in [3.05, 3.63) is 48.2 Å². The first kappa shape index (κ1) is 29.8. The number of fused-ring (bicyclic) bond motifs is 1. The van der Waals surface area contributed by atoms with Crippen LogP contribution < -0.4 is 9.64 Å². The molecular formula is C27H42N4O5Si2. The van der Waals surface area contributed by atoms with E-state index in [2.05, 4.69) is 49.4 Å². The van der Waals surface area contributed by atoms with Crippen molar-refractivity contribution in [2.45, 2.75) is 57.8 Å². The summed E-state index contributed by atoms with van der Waals surface area (Å²) in [5, 5.41) is 4.49. The number of anilines is 1. The molecule has 11 heteroatoms. The molecule has 2 heterocycles. The summed E-state index contributed by atoms with van der Waals surface area (Å²) >= 11 is 0. The Bertz CT molecular complexity index is 1150. The number of hydrogen-bond donors (Lipinski definition) is 0. The molecule has 0 aliphatic rings. The zero-order chi connectivity index (χ0) is 27.8. The van der Waals surface area contributed by atoms with Gasteiger partial charge in [-0.2, -0.15) is 14.6 Å². The molecule has 3 aromatic rings. The van der Waals surface area contributed by atoms with Gasteiger partial charge in [-0.15, -0.1) is 0 Å². The molecule has 9 nitrogen and oxygen atoms in total. The molecule has 0 N–H and O–H groups in total. The summed E-state index contributed by atoms with van der Waals surface area (Å²) in [6.07, 6.45) is 1.93. The highest BCUT2D eigenvalue weighted by molar-refractivity contribution is 6.76. The molecule has 0 saturated heterocycles. The minimum atomic E-state index is -1.20. The van der Waals surface area contributed by atoms with Gasteiger partial charge in [0.15, 0.2) is 5.65 Å². The molecule has 0 unspecified atom stereocenters. The van der Waals surface area contributed by atoms with Crippen LogP contribution in [0, 0.1) is 0 Å². The van der Waals surface area contributed by atoms with Gasteiger partial charge in [0.1, 0.15) is 25.0 Å². The van der Waals surface area contributed by atoms with Crippen molar-refractivity contribution >= 4 is 33.6 Å². The van der Waals surface area contributed by atoms with E-state index in [0.29, 0.717) is 44.0 Å². The van der Waals surface area contributed by atoms with Gasteiger partial charge in [0.05, 0.1) is 19.7 Å². The summed E-state index contributed by atoms with van der Waals surface area (Å²) in [7, 11) is -1.03. The standard InChI is InChI=1S/C27H42N4O5Si2/c1-33-27(32)18-22-8-10-23(11-9-22)36-25-19-26(31-24(29-25)12-13-28-31)30(20-34-14-16-37(2,3)4)21-35-15-17-38(5,6)7/h8-13,19H,14-18,20-21H2,1-7H3. The molecule has 208 valence electrons. The van der Waals surface area contributed by atoms with Crippen molar-refractivity contribution < 1.29 is 23.7 Å². The highest BCUT2D eigenvalue weighted by Crippen LogP contribution is 2.26. The maximum atomic E-state index is 11.6. The molecule has 0 aliphatic heterocycles. The molecule has 0 saturated carbocycles. The lowest BCUT2D eigenvalue weighted by atomic mass is 10.1. The van der Waals surface area contributed by atoms with Crippen LogP contribution in [0.1, 0.15) is 5.56 Å². The van der Waals surface area contributed by atoms with E-state index < -0.39 is 16.1 Å². The van der Waals surface area contributed by atoms with Gasteiger partial charge in [0.2, 0.25) is 5.88 Å². The number of benzene rings is 1. The monoisotopic (exact) mass is 558 g/mol. The molecule has 0 fully saturated rings. The third-order valence-electron chi connectivity index (χ3n) is 5.85. The number of methoxy groups -OCH3 is 1. The Morgan fingerprint density at radius 2 is 1.53 bits per heavy atom. The van der Waals surface area contributed by atoms with Gasteiger partial charge in [0.25, 0.3) is 0 Å². The summed E-state index contributed by atoms with van der Waals surface area (Å²) in [6.45, 7) is 16.2. The Balaban J connectivity index is 1.79. The lowest BCUT2D eigenvalue weighted by Gasteiger charge is -2.26. The second-order valence-electron chi connectivity index (χ2n) is 11.8. The molecule has 0 atom stereocenters. The molecule has 1 aromatic carbocycles. The van der Waals surface area contributed by atoms with Crippen LogP contribution >= 0.6 is 0 Å². The van der Waals surface area contributed by atoms with Crippen LogP contribution in [0.5, 0.6) is 11.6 Å². The van der Waals surface area contributed by atoms with Gasteiger partial charge in [-0.25, -0.2) is 0 Å². The Morgan fingerprint density at radius 3 is 2.08 bits per heavy atom. The average Bonchev–Trinajstić information content (AvgIpc) is 3.31. The number of carbonyl (C=O) groups is 1. The van der Waals surface area contributed by atoms with Crippen molar-refractivity contribution in [2.24, 2.45) is 0 Å². The largest absolute Gasteiger partial charge is 0.469 e. The van der Waals surface area contributed by atoms with Crippen LogP contribution in [0.15, 0.2) is 42.6 Å². The van der Waals surface area contributed by atoms with Crippen LogP contribution in [0.25, 0.3) is 5.65 Å². The second-order valence-corrected chi connectivity index (χ2v) is 23.0. The number of aromatic nitrogens is 3. The fraction of sp³-hybridized carbons (Fsp3) is 0.519. The zero-order valence-electron chi connectivity index (χ0n) is 23.8. The third kappa shape index (κ3) is 9.86. The highest BCUT2D eigenvalue weighted by Gasteiger charge is 2.18. The normalized spacial score (nSPS) is 12.1. The molecule has 38 heavy (non-hydrogen) atoms. The SMILES string of the molecule is COC(=O)Cc1ccc(Oc2cc(N(COCC[Si](C)(C)C)COCC[Si](C)(C)C)n3nccc3n2)cc1. The Kier molecular flexibility index (Phi) is 10.5. The number of nitrogens with zero attached hydrogens (tertiary/aromatic N) is 4. The van der Waals surface area contributed by atoms with E-state index in [0.717, 1.165) is 23.5 Å². The quantitative estimate of drug-likeness (QED) is 0.102. The van der Waals surface area contributed by atoms with Gasteiger partial charge < -0.3 is 23.8 Å². The zero-order valence-corrected chi connectivity index (χ0v) is 25.8. The number of carbonyl (C=O) groups excluding carboxylic acids is 1. The van der Waals surface area contributed by atoms with Crippen LogP contribution in [0.4, 0.5) is 5.82 Å². The van der Waals surface area contributed by atoms with E-state index in [9.17, 15) is 4.79 Å². The summed E-state index contributed by atoms with van der Waals surface area (Å²) in [6, 6.07) is 13.2. The predicted octanol–water partition coefficient (Wildman–Crippen LogP) is 5.67. The predicted molar refractivity (Wildman–Crippen MR) is 156 cm³/mol. The Hall–Kier alpha value is -2.74. The first-order chi connectivity index (χ1) is 17.9. The van der Waals surface area contributed by atoms with Gasteiger partial charge in [0, 0.05) is 41.5 Å². The van der Waals surface area contributed by atoms with Crippen molar-refractivity contribution in [1.29, 1.82) is 0 Å². The Labute approximate surface area is 228 Å². The number of rotatable bonds is 15. The van der Waals surface area contributed by atoms with Crippen LogP contribution in [0.3, 0.4) is 0 Å². The second kappa shape index (κ2) is 13.4. The molecular weight excluding hydrogens is 516 g/mol. The maximum Gasteiger partial charge on any atom is 0.309 e. The number of hydrogen-bond acceptors (Lipinski definition) is 8. The molecule has 0 bridgehead atoms. The van der Waals surface area contributed by atoms with Gasteiger partial charge in [-0.1, -0.05) is 51.4 Å². The lowest BCUT2D eigenvalue weighted by molar-refractivity contribution is -0.139. The highest BCUT2D eigenvalue weighted by atomic mass is 28.3. The average molecular weight is 559 g/mol. The molecule has 0 aliphatic carbocycles. The topological polar surface area (TPSA) is 87.4 Å². The molecule has 0 spiro atoms. The summed E-state index contributed by atoms with van der Waals surface area (Å²) in [4.78, 5) is 18.2. The van der Waals surface area contributed by atoms with E-state index in [1.54, 1.807) is 10.7 Å². The fourth-order valence-electron chi connectivity index (χ4n) is 3.46. The van der Waals surface area contributed by atoms with E-state index in [4.69, 9.17) is 18.9 Å². The summed E-state index contributed by atoms with van der Waals surface area (Å²) in [5.74, 6) is 1.54. The van der Waals surface area contributed by atoms with Crippen molar-refractivity contribution in [1.82, 2.24) is 14.6 Å². The summed E-state index contributed by atoms with van der Waals surface area (Å²) in [5.41, 5.74) is 1.51.